The minimum absolute atomic E-state index is 0.219. The first-order chi connectivity index (χ1) is 16.4. The summed E-state index contributed by atoms with van der Waals surface area (Å²) in [5.74, 6) is 0.996. The second kappa shape index (κ2) is 11.5. The van der Waals surface area contributed by atoms with Crippen molar-refractivity contribution in [1.82, 2.24) is 0 Å². The van der Waals surface area contributed by atoms with E-state index in [1.807, 2.05) is 55.5 Å². The van der Waals surface area contributed by atoms with E-state index in [0.717, 1.165) is 30.1 Å². The van der Waals surface area contributed by atoms with Crippen LogP contribution < -0.4 is 9.47 Å². The molecule has 4 rings (SSSR count). The van der Waals surface area contributed by atoms with Crippen molar-refractivity contribution in [3.05, 3.63) is 95.6 Å². The summed E-state index contributed by atoms with van der Waals surface area (Å²) in [6, 6.07) is 19.5. The zero-order valence-corrected chi connectivity index (χ0v) is 23.5. The maximum Gasteiger partial charge on any atom is 0.363 e. The van der Waals surface area contributed by atoms with Crippen molar-refractivity contribution >= 4 is 72.4 Å². The fraction of sp³-hybridized carbons (Fsp3) is 0.154. The first kappa shape index (κ1) is 24.9. The Morgan fingerprint density at radius 1 is 1.03 bits per heavy atom. The van der Waals surface area contributed by atoms with Gasteiger partial charge in [-0.3, -0.25) is 0 Å². The standard InChI is InChI=1S/C26H20Br2INO4/c1-2-32-23-14-17(12-20(28)24(23)33-11-10-16-6-4-3-5-7-16)13-22-26(31)34-25(30-22)18-8-9-21(29)19(27)15-18/h3-9,12-15H,2,10-11H2,1H3/b22-13-. The van der Waals surface area contributed by atoms with Crippen molar-refractivity contribution in [2.75, 3.05) is 13.2 Å². The van der Waals surface area contributed by atoms with Crippen molar-refractivity contribution in [2.45, 2.75) is 13.3 Å². The summed E-state index contributed by atoms with van der Waals surface area (Å²) in [5.41, 5.74) is 2.89. The van der Waals surface area contributed by atoms with Crippen molar-refractivity contribution < 1.29 is 19.0 Å². The van der Waals surface area contributed by atoms with E-state index in [0.29, 0.717) is 24.7 Å². The Morgan fingerprint density at radius 3 is 2.56 bits per heavy atom. The molecule has 1 heterocycles. The molecule has 0 fully saturated rings. The molecule has 3 aromatic rings. The minimum atomic E-state index is -0.498. The van der Waals surface area contributed by atoms with Gasteiger partial charge in [-0.25, -0.2) is 9.79 Å². The van der Waals surface area contributed by atoms with E-state index < -0.39 is 5.97 Å². The molecule has 0 spiro atoms. The quantitative estimate of drug-likeness (QED) is 0.142. The number of hydrogen-bond acceptors (Lipinski definition) is 5. The van der Waals surface area contributed by atoms with Gasteiger partial charge < -0.3 is 14.2 Å². The Bertz CT molecular complexity index is 1280. The lowest BCUT2D eigenvalue weighted by Gasteiger charge is -2.15. The summed E-state index contributed by atoms with van der Waals surface area (Å²) in [5, 5.41) is 0. The Balaban J connectivity index is 1.57. The van der Waals surface area contributed by atoms with E-state index in [2.05, 4.69) is 71.6 Å². The van der Waals surface area contributed by atoms with E-state index >= 15 is 0 Å². The number of aliphatic imine (C=N–C) groups is 1. The highest BCUT2D eigenvalue weighted by atomic mass is 127. The summed E-state index contributed by atoms with van der Waals surface area (Å²) < 4.78 is 20.0. The van der Waals surface area contributed by atoms with Gasteiger partial charge in [-0.05, 0) is 109 Å². The number of hydrogen-bond donors (Lipinski definition) is 0. The molecule has 0 amide bonds. The molecule has 8 heteroatoms. The summed E-state index contributed by atoms with van der Waals surface area (Å²) in [7, 11) is 0. The molecule has 1 aliphatic heterocycles. The van der Waals surface area contributed by atoms with Gasteiger partial charge in [0.25, 0.3) is 0 Å². The van der Waals surface area contributed by atoms with Gasteiger partial charge in [0, 0.05) is 20.0 Å². The number of rotatable bonds is 8. The predicted molar refractivity (Wildman–Crippen MR) is 148 cm³/mol. The lowest BCUT2D eigenvalue weighted by molar-refractivity contribution is -0.129. The van der Waals surface area contributed by atoms with Gasteiger partial charge in [0.15, 0.2) is 17.2 Å². The second-order valence-corrected chi connectivity index (χ2v) is 10.2. The van der Waals surface area contributed by atoms with E-state index in [4.69, 9.17) is 14.2 Å². The van der Waals surface area contributed by atoms with Crippen molar-refractivity contribution in [3.8, 4) is 11.5 Å². The number of ether oxygens (including phenoxy) is 3. The van der Waals surface area contributed by atoms with Crippen LogP contribution in [0.15, 0.2) is 80.3 Å². The molecule has 5 nitrogen and oxygen atoms in total. The zero-order valence-electron chi connectivity index (χ0n) is 18.2. The summed E-state index contributed by atoms with van der Waals surface area (Å²) in [4.78, 5) is 16.9. The van der Waals surface area contributed by atoms with Crippen LogP contribution in [0, 0.1) is 3.57 Å². The van der Waals surface area contributed by atoms with Crippen molar-refractivity contribution in [3.63, 3.8) is 0 Å². The zero-order chi connectivity index (χ0) is 24.1. The van der Waals surface area contributed by atoms with E-state index in [1.54, 1.807) is 6.08 Å². The van der Waals surface area contributed by atoms with E-state index in [9.17, 15) is 4.79 Å². The van der Waals surface area contributed by atoms with Crippen LogP contribution in [0.1, 0.15) is 23.6 Å². The van der Waals surface area contributed by atoms with Gasteiger partial charge in [-0.1, -0.05) is 30.3 Å². The predicted octanol–water partition coefficient (Wildman–Crippen LogP) is 7.18. The molecule has 0 saturated heterocycles. The van der Waals surface area contributed by atoms with Gasteiger partial charge in [0.2, 0.25) is 5.90 Å². The Morgan fingerprint density at radius 2 is 1.82 bits per heavy atom. The number of carbonyl (C=O) groups excluding carboxylic acids is 1. The summed E-state index contributed by atoms with van der Waals surface area (Å²) >= 11 is 9.31. The molecule has 174 valence electrons. The van der Waals surface area contributed by atoms with E-state index in [-0.39, 0.29) is 11.6 Å². The molecule has 0 unspecified atom stereocenters. The molecular formula is C26H20Br2INO4. The smallest absolute Gasteiger partial charge is 0.363 e. The third-order valence-electron chi connectivity index (χ3n) is 4.90. The first-order valence-corrected chi connectivity index (χ1v) is 13.2. The lowest BCUT2D eigenvalue weighted by atomic mass is 10.1. The number of cyclic esters (lactones) is 1. The fourth-order valence-corrected chi connectivity index (χ4v) is 4.60. The molecular weight excluding hydrogens is 677 g/mol. The molecule has 34 heavy (non-hydrogen) atoms. The topological polar surface area (TPSA) is 57.1 Å². The van der Waals surface area contributed by atoms with Crippen LogP contribution in [0.3, 0.4) is 0 Å². The van der Waals surface area contributed by atoms with Crippen LogP contribution in [-0.4, -0.2) is 25.1 Å². The summed E-state index contributed by atoms with van der Waals surface area (Å²) in [6.07, 6.45) is 2.46. The largest absolute Gasteiger partial charge is 0.490 e. The highest BCUT2D eigenvalue weighted by Gasteiger charge is 2.25. The molecule has 0 N–H and O–H groups in total. The van der Waals surface area contributed by atoms with Crippen LogP contribution in [0.2, 0.25) is 0 Å². The van der Waals surface area contributed by atoms with Crippen LogP contribution in [-0.2, 0) is 16.0 Å². The number of nitrogens with zero attached hydrogens (tertiary/aromatic N) is 1. The molecule has 3 aromatic carbocycles. The van der Waals surface area contributed by atoms with Crippen molar-refractivity contribution in [2.24, 2.45) is 4.99 Å². The minimum Gasteiger partial charge on any atom is -0.490 e. The monoisotopic (exact) mass is 695 g/mol. The SMILES string of the molecule is CCOc1cc(/C=C2\N=C(c3ccc(I)c(Br)c3)OC2=O)cc(Br)c1OCCc1ccccc1. The van der Waals surface area contributed by atoms with Crippen LogP contribution in [0.25, 0.3) is 6.08 Å². The van der Waals surface area contributed by atoms with Crippen LogP contribution in [0.4, 0.5) is 0 Å². The Kier molecular flexibility index (Phi) is 8.44. The van der Waals surface area contributed by atoms with Gasteiger partial charge in [-0.15, -0.1) is 0 Å². The molecule has 0 aromatic heterocycles. The maximum atomic E-state index is 12.5. The molecule has 0 bridgehead atoms. The van der Waals surface area contributed by atoms with Crippen LogP contribution >= 0.6 is 54.5 Å². The molecule has 1 aliphatic rings. The van der Waals surface area contributed by atoms with Gasteiger partial charge in [0.1, 0.15) is 0 Å². The third-order valence-corrected chi connectivity index (χ3v) is 7.83. The van der Waals surface area contributed by atoms with Gasteiger partial charge in [0.05, 0.1) is 17.7 Å². The first-order valence-electron chi connectivity index (χ1n) is 10.6. The number of halogens is 3. The second-order valence-electron chi connectivity index (χ2n) is 7.31. The fourth-order valence-electron chi connectivity index (χ4n) is 3.31. The molecule has 0 atom stereocenters. The maximum absolute atomic E-state index is 12.5. The number of carbonyl (C=O) groups is 1. The molecule has 0 saturated carbocycles. The summed E-state index contributed by atoms with van der Waals surface area (Å²) in [6.45, 7) is 2.90. The average molecular weight is 697 g/mol. The lowest BCUT2D eigenvalue weighted by Crippen LogP contribution is -2.05. The highest BCUT2D eigenvalue weighted by Crippen LogP contribution is 2.38. The van der Waals surface area contributed by atoms with Gasteiger partial charge in [-0.2, -0.15) is 0 Å². The Hall–Kier alpha value is -2.17. The highest BCUT2D eigenvalue weighted by molar-refractivity contribution is 14.1. The third kappa shape index (κ3) is 6.09. The van der Waals surface area contributed by atoms with Crippen molar-refractivity contribution in [1.29, 1.82) is 0 Å². The molecule has 0 aliphatic carbocycles. The van der Waals surface area contributed by atoms with Gasteiger partial charge >= 0.3 is 5.97 Å². The molecule has 0 radical (unpaired) electrons. The average Bonchev–Trinajstić information content (AvgIpc) is 3.18. The normalized spacial score (nSPS) is 14.2. The number of esters is 1. The van der Waals surface area contributed by atoms with Crippen LogP contribution in [0.5, 0.6) is 11.5 Å². The number of benzene rings is 3. The Labute approximate surface area is 228 Å². The van der Waals surface area contributed by atoms with E-state index in [1.165, 1.54) is 5.56 Å².